The Labute approximate surface area is 145 Å². The molecule has 2 aromatic rings. The van der Waals surface area contributed by atoms with Crippen LogP contribution in [0.15, 0.2) is 30.5 Å². The van der Waals surface area contributed by atoms with Crippen molar-refractivity contribution in [3.63, 3.8) is 0 Å². The van der Waals surface area contributed by atoms with Crippen LogP contribution in [-0.2, 0) is 4.74 Å². The molecule has 1 amide bonds. The lowest BCUT2D eigenvalue weighted by atomic mass is 10.1. The third kappa shape index (κ3) is 4.54. The Hall–Kier alpha value is -2.94. The Morgan fingerprint density at radius 3 is 2.80 bits per heavy atom. The first kappa shape index (κ1) is 18.4. The highest BCUT2D eigenvalue weighted by Gasteiger charge is 2.18. The zero-order chi connectivity index (χ0) is 18.4. The molecule has 0 saturated carbocycles. The number of aromatic nitrogens is 2. The summed E-state index contributed by atoms with van der Waals surface area (Å²) in [4.78, 5) is 23.2. The van der Waals surface area contributed by atoms with Crippen molar-refractivity contribution in [2.75, 3.05) is 30.9 Å². The fourth-order valence-electron chi connectivity index (χ4n) is 2.27. The maximum absolute atomic E-state index is 12.4. The molecule has 25 heavy (non-hydrogen) atoms. The van der Waals surface area contributed by atoms with Gasteiger partial charge in [0.15, 0.2) is 0 Å². The molecule has 1 aromatic carbocycles. The van der Waals surface area contributed by atoms with Gasteiger partial charge >= 0.3 is 0 Å². The van der Waals surface area contributed by atoms with Crippen LogP contribution in [-0.4, -0.2) is 40.9 Å². The second-order valence-electron chi connectivity index (χ2n) is 5.62. The lowest BCUT2D eigenvalue weighted by Crippen LogP contribution is -2.17. The van der Waals surface area contributed by atoms with Crippen molar-refractivity contribution in [2.24, 2.45) is 0 Å². The zero-order valence-corrected chi connectivity index (χ0v) is 14.4. The third-order valence-corrected chi connectivity index (χ3v) is 3.48. The highest BCUT2D eigenvalue weighted by Crippen LogP contribution is 2.26. The third-order valence-electron chi connectivity index (χ3n) is 3.48. The van der Waals surface area contributed by atoms with Gasteiger partial charge in [-0.2, -0.15) is 5.10 Å². The molecule has 2 N–H and O–H groups in total. The van der Waals surface area contributed by atoms with Crippen LogP contribution in [0.5, 0.6) is 0 Å². The number of anilines is 2. The van der Waals surface area contributed by atoms with E-state index >= 15 is 0 Å². The van der Waals surface area contributed by atoms with Crippen molar-refractivity contribution in [1.29, 1.82) is 0 Å². The number of rotatable bonds is 8. The summed E-state index contributed by atoms with van der Waals surface area (Å²) < 4.78 is 6.57. The summed E-state index contributed by atoms with van der Waals surface area (Å²) in [5.41, 5.74) is 0.368. The Morgan fingerprint density at radius 1 is 1.40 bits per heavy atom. The summed E-state index contributed by atoms with van der Waals surface area (Å²) in [5.74, 6) is 0.0962. The van der Waals surface area contributed by atoms with E-state index in [1.807, 2.05) is 13.8 Å². The minimum absolute atomic E-state index is 0.0759. The van der Waals surface area contributed by atoms with Crippen LogP contribution in [0.2, 0.25) is 0 Å². The number of carbonyl (C=O) groups is 1. The van der Waals surface area contributed by atoms with Crippen molar-refractivity contribution in [1.82, 2.24) is 9.78 Å². The summed E-state index contributed by atoms with van der Waals surface area (Å²) in [6.07, 6.45) is 1.58. The second-order valence-corrected chi connectivity index (χ2v) is 5.62. The summed E-state index contributed by atoms with van der Waals surface area (Å²) in [6.45, 7) is 4.72. The number of hydrogen-bond donors (Lipinski definition) is 2. The molecule has 0 unspecified atom stereocenters. The van der Waals surface area contributed by atoms with Crippen molar-refractivity contribution >= 4 is 23.1 Å². The first-order valence-corrected chi connectivity index (χ1v) is 7.80. The van der Waals surface area contributed by atoms with Crippen molar-refractivity contribution < 1.29 is 14.5 Å². The summed E-state index contributed by atoms with van der Waals surface area (Å²) in [7, 11) is 1.55. The zero-order valence-electron chi connectivity index (χ0n) is 14.4. The molecule has 0 radical (unpaired) electrons. The van der Waals surface area contributed by atoms with Gasteiger partial charge in [0.1, 0.15) is 11.5 Å². The molecular weight excluding hydrogens is 326 g/mol. The minimum atomic E-state index is -0.524. The molecule has 0 spiro atoms. The number of nitro benzene ring substituents is 1. The standard InChI is InChI=1S/C16H21N5O4/c1-11(2)20-15(6-7-18-20)19-16(22)12-4-5-13(17-8-9-25-3)14(10-12)21(23)24/h4-7,10-11,17H,8-9H2,1-3H3,(H,19,22). The van der Waals surface area contributed by atoms with E-state index in [1.54, 1.807) is 24.1 Å². The molecule has 134 valence electrons. The van der Waals surface area contributed by atoms with Gasteiger partial charge in [-0.25, -0.2) is 4.68 Å². The SMILES string of the molecule is COCCNc1ccc(C(=O)Nc2ccnn2C(C)C)cc1[N+](=O)[O-]. The van der Waals surface area contributed by atoms with E-state index in [1.165, 1.54) is 18.2 Å². The van der Waals surface area contributed by atoms with E-state index in [0.29, 0.717) is 24.7 Å². The fourth-order valence-corrected chi connectivity index (χ4v) is 2.27. The Kier molecular flexibility index (Phi) is 6.07. The molecule has 9 heteroatoms. The molecule has 0 fully saturated rings. The van der Waals surface area contributed by atoms with Gasteiger partial charge in [0.25, 0.3) is 11.6 Å². The predicted molar refractivity (Wildman–Crippen MR) is 94.0 cm³/mol. The van der Waals surface area contributed by atoms with Crippen molar-refractivity contribution in [3.8, 4) is 0 Å². The molecule has 0 bridgehead atoms. The number of nitro groups is 1. The quantitative estimate of drug-likeness (QED) is 0.431. The van der Waals surface area contributed by atoms with Crippen LogP contribution in [0, 0.1) is 10.1 Å². The number of hydrogen-bond acceptors (Lipinski definition) is 6. The Balaban J connectivity index is 2.20. The van der Waals surface area contributed by atoms with Crippen molar-refractivity contribution in [2.45, 2.75) is 19.9 Å². The number of ether oxygens (including phenoxy) is 1. The van der Waals surface area contributed by atoms with Crippen LogP contribution in [0.1, 0.15) is 30.2 Å². The van der Waals surface area contributed by atoms with Crippen LogP contribution >= 0.6 is 0 Å². The molecule has 0 atom stereocenters. The number of nitrogens with zero attached hydrogens (tertiary/aromatic N) is 3. The van der Waals surface area contributed by atoms with Gasteiger partial charge in [-0.3, -0.25) is 14.9 Å². The van der Waals surface area contributed by atoms with Gasteiger partial charge in [0.2, 0.25) is 0 Å². The number of amides is 1. The number of methoxy groups -OCH3 is 1. The van der Waals surface area contributed by atoms with E-state index in [-0.39, 0.29) is 17.3 Å². The van der Waals surface area contributed by atoms with E-state index in [2.05, 4.69) is 15.7 Å². The second kappa shape index (κ2) is 8.25. The molecule has 0 aliphatic carbocycles. The molecular formula is C16H21N5O4. The van der Waals surface area contributed by atoms with Crippen molar-refractivity contribution in [3.05, 3.63) is 46.1 Å². The monoisotopic (exact) mass is 347 g/mol. The van der Waals surface area contributed by atoms with Gasteiger partial charge in [-0.15, -0.1) is 0 Å². The van der Waals surface area contributed by atoms with Crippen LogP contribution in [0.25, 0.3) is 0 Å². The Morgan fingerprint density at radius 2 is 2.16 bits per heavy atom. The predicted octanol–water partition coefficient (Wildman–Crippen LogP) is 2.68. The van der Waals surface area contributed by atoms with Gasteiger partial charge in [-0.05, 0) is 26.0 Å². The number of carbonyl (C=O) groups excluding carboxylic acids is 1. The van der Waals surface area contributed by atoms with Crippen LogP contribution in [0.4, 0.5) is 17.2 Å². The van der Waals surface area contributed by atoms with E-state index in [9.17, 15) is 14.9 Å². The largest absolute Gasteiger partial charge is 0.383 e. The normalized spacial score (nSPS) is 10.7. The summed E-state index contributed by atoms with van der Waals surface area (Å²) in [6, 6.07) is 6.05. The number of nitrogens with one attached hydrogen (secondary N) is 2. The average molecular weight is 347 g/mol. The Bertz CT molecular complexity index is 757. The topological polar surface area (TPSA) is 111 Å². The van der Waals surface area contributed by atoms with Gasteiger partial charge < -0.3 is 15.4 Å². The molecule has 0 saturated heterocycles. The molecule has 9 nitrogen and oxygen atoms in total. The van der Waals surface area contributed by atoms with Crippen LogP contribution in [0.3, 0.4) is 0 Å². The van der Waals surface area contributed by atoms with Gasteiger partial charge in [-0.1, -0.05) is 0 Å². The first-order chi connectivity index (χ1) is 11.9. The van der Waals surface area contributed by atoms with E-state index < -0.39 is 10.8 Å². The van der Waals surface area contributed by atoms with E-state index in [4.69, 9.17) is 4.74 Å². The first-order valence-electron chi connectivity index (χ1n) is 7.80. The smallest absolute Gasteiger partial charge is 0.293 e. The molecule has 0 aliphatic heterocycles. The fraction of sp³-hybridized carbons (Fsp3) is 0.375. The molecule has 1 aromatic heterocycles. The molecule has 1 heterocycles. The minimum Gasteiger partial charge on any atom is -0.383 e. The lowest BCUT2D eigenvalue weighted by Gasteiger charge is -2.12. The highest BCUT2D eigenvalue weighted by molar-refractivity contribution is 6.04. The van der Waals surface area contributed by atoms with Gasteiger partial charge in [0, 0.05) is 37.4 Å². The molecule has 2 rings (SSSR count). The van der Waals surface area contributed by atoms with Crippen LogP contribution < -0.4 is 10.6 Å². The lowest BCUT2D eigenvalue weighted by molar-refractivity contribution is -0.384. The highest BCUT2D eigenvalue weighted by atomic mass is 16.6. The maximum atomic E-state index is 12.4. The van der Waals surface area contributed by atoms with E-state index in [0.717, 1.165) is 0 Å². The summed E-state index contributed by atoms with van der Waals surface area (Å²) >= 11 is 0. The average Bonchev–Trinajstić information content (AvgIpc) is 3.03. The van der Waals surface area contributed by atoms with Gasteiger partial charge in [0.05, 0.1) is 17.7 Å². The molecule has 0 aliphatic rings. The maximum Gasteiger partial charge on any atom is 0.293 e. The number of benzene rings is 1. The summed E-state index contributed by atoms with van der Waals surface area (Å²) in [5, 5.41) is 21.1.